The Balaban J connectivity index is 0.000000119. The molecule has 4 aliphatic rings. The smallest absolute Gasteiger partial charge is 0.235 e. The van der Waals surface area contributed by atoms with Crippen molar-refractivity contribution in [2.45, 2.75) is 36.5 Å². The number of anilines is 2. The van der Waals surface area contributed by atoms with Crippen molar-refractivity contribution in [1.29, 1.82) is 0 Å². The SMILES string of the molecule is O=C1Nc2ccc(Br)c(F)c2C12CC2.O=C1Nc2cccc(F)c2C12CC2. The minimum atomic E-state index is -0.538. The number of nitrogens with one attached hydrogen (secondary N) is 2. The van der Waals surface area contributed by atoms with Crippen molar-refractivity contribution in [3.05, 3.63) is 57.6 Å². The molecule has 6 rings (SSSR count). The maximum atomic E-state index is 13.8. The van der Waals surface area contributed by atoms with Crippen LogP contribution in [0.2, 0.25) is 0 Å². The summed E-state index contributed by atoms with van der Waals surface area (Å²) >= 11 is 3.13. The number of halogens is 3. The van der Waals surface area contributed by atoms with E-state index in [4.69, 9.17) is 0 Å². The van der Waals surface area contributed by atoms with Gasteiger partial charge in [-0.25, -0.2) is 8.78 Å². The van der Waals surface area contributed by atoms with E-state index in [1.54, 1.807) is 24.3 Å². The number of rotatable bonds is 0. The monoisotopic (exact) mass is 432 g/mol. The zero-order valence-corrected chi connectivity index (χ0v) is 15.8. The van der Waals surface area contributed by atoms with Crippen molar-refractivity contribution in [3.63, 3.8) is 0 Å². The first-order valence-corrected chi connectivity index (χ1v) is 9.59. The average Bonchev–Trinajstić information content (AvgIpc) is 3.51. The van der Waals surface area contributed by atoms with Crippen LogP contribution in [0.25, 0.3) is 0 Å². The summed E-state index contributed by atoms with van der Waals surface area (Å²) in [6.45, 7) is 0. The van der Waals surface area contributed by atoms with Crippen LogP contribution in [0.15, 0.2) is 34.8 Å². The minimum absolute atomic E-state index is 0.0346. The van der Waals surface area contributed by atoms with Gasteiger partial charge in [0.15, 0.2) is 0 Å². The minimum Gasteiger partial charge on any atom is -0.325 e. The lowest BCUT2D eigenvalue weighted by atomic mass is 9.97. The van der Waals surface area contributed by atoms with E-state index < -0.39 is 10.8 Å². The van der Waals surface area contributed by atoms with Crippen LogP contribution in [-0.4, -0.2) is 11.8 Å². The molecule has 7 heteroatoms. The lowest BCUT2D eigenvalue weighted by Gasteiger charge is -2.06. The van der Waals surface area contributed by atoms with Crippen molar-refractivity contribution in [2.24, 2.45) is 0 Å². The van der Waals surface area contributed by atoms with Gasteiger partial charge in [0.25, 0.3) is 0 Å². The summed E-state index contributed by atoms with van der Waals surface area (Å²) in [4.78, 5) is 23.1. The van der Waals surface area contributed by atoms with E-state index in [1.807, 2.05) is 0 Å². The molecule has 0 unspecified atom stereocenters. The van der Waals surface area contributed by atoms with Crippen molar-refractivity contribution < 1.29 is 18.4 Å². The molecular weight excluding hydrogens is 418 g/mol. The number of benzene rings is 2. The van der Waals surface area contributed by atoms with Crippen LogP contribution in [0.1, 0.15) is 36.8 Å². The topological polar surface area (TPSA) is 58.2 Å². The van der Waals surface area contributed by atoms with Gasteiger partial charge in [0.2, 0.25) is 11.8 Å². The predicted octanol–water partition coefficient (Wildman–Crippen LogP) is 4.38. The Morgan fingerprint density at radius 1 is 0.815 bits per heavy atom. The van der Waals surface area contributed by atoms with Gasteiger partial charge in [-0.05, 0) is 65.9 Å². The molecule has 0 bridgehead atoms. The van der Waals surface area contributed by atoms with Crippen LogP contribution in [0.5, 0.6) is 0 Å². The highest BCUT2D eigenvalue weighted by molar-refractivity contribution is 9.10. The summed E-state index contributed by atoms with van der Waals surface area (Å²) in [5.74, 6) is -0.635. The second kappa shape index (κ2) is 5.38. The lowest BCUT2D eigenvalue weighted by molar-refractivity contribution is -0.118. The number of carbonyl (C=O) groups is 2. The van der Waals surface area contributed by atoms with Gasteiger partial charge in [0.05, 0.1) is 15.3 Å². The van der Waals surface area contributed by atoms with Crippen LogP contribution < -0.4 is 10.6 Å². The van der Waals surface area contributed by atoms with Gasteiger partial charge in [-0.2, -0.15) is 0 Å². The quantitative estimate of drug-likeness (QED) is 0.648. The van der Waals surface area contributed by atoms with Gasteiger partial charge in [0.1, 0.15) is 11.6 Å². The Labute approximate surface area is 162 Å². The Bertz CT molecular complexity index is 1030. The number of hydrogen-bond donors (Lipinski definition) is 2. The third-order valence-electron chi connectivity index (χ3n) is 5.93. The average molecular weight is 433 g/mol. The Morgan fingerprint density at radius 3 is 1.96 bits per heavy atom. The molecule has 2 spiro atoms. The normalized spacial score (nSPS) is 21.1. The fourth-order valence-electron chi connectivity index (χ4n) is 4.15. The molecule has 2 N–H and O–H groups in total. The maximum Gasteiger partial charge on any atom is 0.235 e. The van der Waals surface area contributed by atoms with Gasteiger partial charge in [-0.3, -0.25) is 9.59 Å². The number of fused-ring (bicyclic) bond motifs is 4. The molecule has 0 radical (unpaired) electrons. The summed E-state index contributed by atoms with van der Waals surface area (Å²) in [7, 11) is 0. The Kier molecular flexibility index (Phi) is 3.36. The highest BCUT2D eigenvalue weighted by Crippen LogP contribution is 2.57. The first-order valence-electron chi connectivity index (χ1n) is 8.79. The van der Waals surface area contributed by atoms with Crippen LogP contribution in [-0.2, 0) is 20.4 Å². The van der Waals surface area contributed by atoms with Crippen molar-refractivity contribution in [2.75, 3.05) is 10.6 Å². The molecule has 0 saturated heterocycles. The van der Waals surface area contributed by atoms with Crippen LogP contribution in [0, 0.1) is 11.6 Å². The molecule has 138 valence electrons. The third kappa shape index (κ3) is 2.24. The van der Waals surface area contributed by atoms with E-state index in [2.05, 4.69) is 26.6 Å². The van der Waals surface area contributed by atoms with E-state index in [0.717, 1.165) is 25.7 Å². The van der Waals surface area contributed by atoms with Crippen molar-refractivity contribution in [1.82, 2.24) is 0 Å². The molecule has 0 atom stereocenters. The van der Waals surface area contributed by atoms with E-state index >= 15 is 0 Å². The molecular formula is C20H15BrF2N2O2. The first kappa shape index (κ1) is 16.9. The molecule has 0 aromatic heterocycles. The molecule has 2 aliphatic heterocycles. The van der Waals surface area contributed by atoms with Gasteiger partial charge in [-0.1, -0.05) is 6.07 Å². The standard InChI is InChI=1S/C10H7BrFNO.C10H8FNO/c11-5-1-2-6-7(8(5)12)10(3-4-10)9(14)13-6;11-6-2-1-3-7-8(6)10(4-5-10)9(13)12-7/h1-2H,3-4H2,(H,13,14);1-3H,4-5H2,(H,12,13). The summed E-state index contributed by atoms with van der Waals surface area (Å²) in [6, 6.07) is 8.15. The largest absolute Gasteiger partial charge is 0.325 e. The number of amides is 2. The molecule has 2 fully saturated rings. The van der Waals surface area contributed by atoms with Gasteiger partial charge in [0, 0.05) is 22.5 Å². The summed E-state index contributed by atoms with van der Waals surface area (Å²) in [5, 5.41) is 5.43. The molecule has 4 nitrogen and oxygen atoms in total. The Hall–Kier alpha value is -2.28. The van der Waals surface area contributed by atoms with Crippen LogP contribution in [0.3, 0.4) is 0 Å². The van der Waals surface area contributed by atoms with Crippen LogP contribution in [0.4, 0.5) is 20.2 Å². The zero-order chi connectivity index (χ0) is 19.0. The van der Waals surface area contributed by atoms with E-state index in [9.17, 15) is 18.4 Å². The molecule has 2 aromatic carbocycles. The van der Waals surface area contributed by atoms with Gasteiger partial charge < -0.3 is 10.6 Å². The third-order valence-corrected chi connectivity index (χ3v) is 6.54. The van der Waals surface area contributed by atoms with E-state index in [-0.39, 0.29) is 23.4 Å². The zero-order valence-electron chi connectivity index (χ0n) is 14.2. The second-order valence-electron chi connectivity index (χ2n) is 7.52. The summed E-state index contributed by atoms with van der Waals surface area (Å²) in [6.07, 6.45) is 3.10. The fraction of sp³-hybridized carbons (Fsp3) is 0.300. The van der Waals surface area contributed by atoms with Crippen LogP contribution >= 0.6 is 15.9 Å². The molecule has 2 amide bonds. The Morgan fingerprint density at radius 2 is 1.37 bits per heavy atom. The van der Waals surface area contributed by atoms with E-state index in [1.165, 1.54) is 6.07 Å². The fourth-order valence-corrected chi connectivity index (χ4v) is 4.48. The molecule has 2 aliphatic carbocycles. The van der Waals surface area contributed by atoms with Gasteiger partial charge >= 0.3 is 0 Å². The van der Waals surface area contributed by atoms with Crippen molar-refractivity contribution >= 4 is 39.1 Å². The highest BCUT2D eigenvalue weighted by Gasteiger charge is 2.58. The number of carbonyl (C=O) groups excluding carboxylic acids is 2. The second-order valence-corrected chi connectivity index (χ2v) is 8.37. The summed E-state index contributed by atoms with van der Waals surface area (Å²) < 4.78 is 27.6. The predicted molar refractivity (Wildman–Crippen MR) is 99.6 cm³/mol. The summed E-state index contributed by atoms with van der Waals surface area (Å²) in [5.41, 5.74) is 1.39. The molecule has 27 heavy (non-hydrogen) atoms. The van der Waals surface area contributed by atoms with Crippen molar-refractivity contribution in [3.8, 4) is 0 Å². The first-order chi connectivity index (χ1) is 12.9. The number of hydrogen-bond acceptors (Lipinski definition) is 2. The maximum absolute atomic E-state index is 13.8. The molecule has 2 heterocycles. The molecule has 2 aromatic rings. The van der Waals surface area contributed by atoms with Gasteiger partial charge in [-0.15, -0.1) is 0 Å². The highest BCUT2D eigenvalue weighted by atomic mass is 79.9. The molecule has 2 saturated carbocycles. The lowest BCUT2D eigenvalue weighted by Crippen LogP contribution is -2.19. The van der Waals surface area contributed by atoms with E-state index in [0.29, 0.717) is 27.0 Å².